The first-order valence-corrected chi connectivity index (χ1v) is 5.93. The number of aliphatic carboxylic acids is 1. The summed E-state index contributed by atoms with van der Waals surface area (Å²) in [6, 6.07) is 8.07. The smallest absolute Gasteiger partial charge is 0.303 e. The van der Waals surface area contributed by atoms with Gasteiger partial charge >= 0.3 is 5.97 Å². The van der Waals surface area contributed by atoms with Gasteiger partial charge < -0.3 is 9.67 Å². The number of carboxylic acid groups (broad SMARTS) is 1. The summed E-state index contributed by atoms with van der Waals surface area (Å²) in [5.74, 6) is -0.738. The molecule has 0 fully saturated rings. The lowest BCUT2D eigenvalue weighted by atomic mass is 10.2. The molecule has 3 nitrogen and oxygen atoms in total. The monoisotopic (exact) mass is 281 g/mol. The van der Waals surface area contributed by atoms with E-state index in [4.69, 9.17) is 5.11 Å². The Morgan fingerprint density at radius 1 is 1.38 bits per heavy atom. The van der Waals surface area contributed by atoms with Gasteiger partial charge in [-0.2, -0.15) is 0 Å². The Kier molecular flexibility index (Phi) is 3.29. The third-order valence-corrected chi connectivity index (χ3v) is 3.24. The van der Waals surface area contributed by atoms with Gasteiger partial charge in [-0.05, 0) is 24.6 Å². The average Bonchev–Trinajstić information content (AvgIpc) is 2.63. The molecule has 0 spiro atoms. The normalized spacial score (nSPS) is 10.8. The molecule has 0 saturated heterocycles. The number of fused-ring (bicyclic) bond motifs is 1. The number of nitrogens with zero attached hydrogens (tertiary/aromatic N) is 1. The molecule has 0 aliphatic heterocycles. The van der Waals surface area contributed by atoms with Crippen molar-refractivity contribution >= 4 is 32.8 Å². The highest BCUT2D eigenvalue weighted by molar-refractivity contribution is 9.10. The van der Waals surface area contributed by atoms with Crippen molar-refractivity contribution in [3.8, 4) is 0 Å². The summed E-state index contributed by atoms with van der Waals surface area (Å²) < 4.78 is 3.16. The molecule has 16 heavy (non-hydrogen) atoms. The van der Waals surface area contributed by atoms with E-state index in [9.17, 15) is 4.79 Å². The predicted octanol–water partition coefficient (Wildman–Crippen LogP) is 3.27. The topological polar surface area (TPSA) is 42.2 Å². The molecule has 0 unspecified atom stereocenters. The Morgan fingerprint density at radius 2 is 2.19 bits per heavy atom. The molecule has 0 aliphatic rings. The number of halogens is 1. The molecule has 1 heterocycles. The molecule has 0 aliphatic carbocycles. The van der Waals surface area contributed by atoms with Crippen LogP contribution in [0, 0.1) is 0 Å². The van der Waals surface area contributed by atoms with Gasteiger partial charge in [-0.3, -0.25) is 4.79 Å². The number of benzene rings is 1. The van der Waals surface area contributed by atoms with Crippen molar-refractivity contribution in [2.45, 2.75) is 19.4 Å². The first-order valence-electron chi connectivity index (χ1n) is 5.13. The summed E-state index contributed by atoms with van der Waals surface area (Å²) in [4.78, 5) is 10.4. The minimum atomic E-state index is -0.738. The number of hydrogen-bond acceptors (Lipinski definition) is 1. The summed E-state index contributed by atoms with van der Waals surface area (Å²) in [6.45, 7) is 0.742. The molecule has 1 aromatic carbocycles. The van der Waals surface area contributed by atoms with Crippen molar-refractivity contribution in [2.24, 2.45) is 0 Å². The number of rotatable bonds is 4. The Bertz CT molecular complexity index is 519. The third-order valence-electron chi connectivity index (χ3n) is 2.55. The lowest BCUT2D eigenvalue weighted by Gasteiger charge is -2.04. The second-order valence-corrected chi connectivity index (χ2v) is 4.53. The summed E-state index contributed by atoms with van der Waals surface area (Å²) in [5.41, 5.74) is 1.14. The number of aryl methyl sites for hydroxylation is 1. The van der Waals surface area contributed by atoms with Crippen LogP contribution in [0.3, 0.4) is 0 Å². The van der Waals surface area contributed by atoms with Gasteiger partial charge in [0.1, 0.15) is 0 Å². The maximum atomic E-state index is 10.4. The zero-order valence-corrected chi connectivity index (χ0v) is 10.3. The minimum absolute atomic E-state index is 0.216. The van der Waals surface area contributed by atoms with Crippen LogP contribution in [0.2, 0.25) is 0 Å². The summed E-state index contributed by atoms with van der Waals surface area (Å²) >= 11 is 3.49. The van der Waals surface area contributed by atoms with E-state index in [1.165, 1.54) is 0 Å². The molecule has 0 bridgehead atoms. The van der Waals surface area contributed by atoms with E-state index in [-0.39, 0.29) is 6.42 Å². The van der Waals surface area contributed by atoms with Crippen molar-refractivity contribution < 1.29 is 9.90 Å². The van der Waals surface area contributed by atoms with E-state index < -0.39 is 5.97 Å². The van der Waals surface area contributed by atoms with Gasteiger partial charge in [-0.15, -0.1) is 0 Å². The van der Waals surface area contributed by atoms with Gasteiger partial charge in [0.05, 0.1) is 0 Å². The van der Waals surface area contributed by atoms with E-state index in [2.05, 4.69) is 20.5 Å². The van der Waals surface area contributed by atoms with E-state index in [0.717, 1.165) is 21.9 Å². The fourth-order valence-corrected chi connectivity index (χ4v) is 2.27. The van der Waals surface area contributed by atoms with Gasteiger partial charge in [0.25, 0.3) is 0 Å². The van der Waals surface area contributed by atoms with E-state index in [1.54, 1.807) is 0 Å². The third kappa shape index (κ3) is 2.27. The zero-order valence-electron chi connectivity index (χ0n) is 8.69. The predicted molar refractivity (Wildman–Crippen MR) is 66.5 cm³/mol. The average molecular weight is 282 g/mol. The lowest BCUT2D eigenvalue weighted by molar-refractivity contribution is -0.137. The van der Waals surface area contributed by atoms with E-state index >= 15 is 0 Å². The zero-order chi connectivity index (χ0) is 11.5. The van der Waals surface area contributed by atoms with E-state index in [0.29, 0.717) is 6.42 Å². The van der Waals surface area contributed by atoms with Crippen LogP contribution in [-0.4, -0.2) is 15.6 Å². The first kappa shape index (κ1) is 11.2. The van der Waals surface area contributed by atoms with Gasteiger partial charge in [-0.25, -0.2) is 0 Å². The molecule has 1 aromatic heterocycles. The molecular formula is C12H12BrNO2. The number of hydrogen-bond donors (Lipinski definition) is 1. The summed E-state index contributed by atoms with van der Waals surface area (Å²) in [5, 5.41) is 9.75. The molecule has 2 aromatic rings. The van der Waals surface area contributed by atoms with Crippen LogP contribution < -0.4 is 0 Å². The summed E-state index contributed by atoms with van der Waals surface area (Å²) in [7, 11) is 0. The van der Waals surface area contributed by atoms with Crippen molar-refractivity contribution in [1.29, 1.82) is 0 Å². The maximum absolute atomic E-state index is 10.4. The second-order valence-electron chi connectivity index (χ2n) is 3.68. The fraction of sp³-hybridized carbons (Fsp3) is 0.250. The van der Waals surface area contributed by atoms with Crippen molar-refractivity contribution in [3.05, 3.63) is 34.9 Å². The largest absolute Gasteiger partial charge is 0.481 e. The van der Waals surface area contributed by atoms with Crippen molar-refractivity contribution in [2.75, 3.05) is 0 Å². The Hall–Kier alpha value is -1.29. The number of carbonyl (C=O) groups is 1. The number of aromatic nitrogens is 1. The van der Waals surface area contributed by atoms with Gasteiger partial charge in [-0.1, -0.05) is 22.0 Å². The van der Waals surface area contributed by atoms with Gasteiger partial charge in [0.15, 0.2) is 0 Å². The standard InChI is InChI=1S/C12H12BrNO2/c13-10-3-1-4-11-9(10)6-8-14(11)7-2-5-12(15)16/h1,3-4,6,8H,2,5,7H2,(H,15,16). The van der Waals surface area contributed by atoms with Crippen molar-refractivity contribution in [3.63, 3.8) is 0 Å². The molecule has 0 amide bonds. The van der Waals surface area contributed by atoms with Crippen LogP contribution in [0.15, 0.2) is 34.9 Å². The lowest BCUT2D eigenvalue weighted by Crippen LogP contribution is -2.00. The first-order chi connectivity index (χ1) is 7.68. The van der Waals surface area contributed by atoms with Crippen molar-refractivity contribution in [1.82, 2.24) is 4.57 Å². The highest BCUT2D eigenvalue weighted by Crippen LogP contribution is 2.24. The van der Waals surface area contributed by atoms with Crippen LogP contribution in [0.1, 0.15) is 12.8 Å². The minimum Gasteiger partial charge on any atom is -0.481 e. The molecule has 2 rings (SSSR count). The van der Waals surface area contributed by atoms with Crippen LogP contribution >= 0.6 is 15.9 Å². The Balaban J connectivity index is 2.19. The number of carboxylic acids is 1. The Morgan fingerprint density at radius 3 is 2.94 bits per heavy atom. The van der Waals surface area contributed by atoms with E-state index in [1.807, 2.05) is 30.5 Å². The molecule has 0 radical (unpaired) electrons. The molecule has 1 N–H and O–H groups in total. The van der Waals surface area contributed by atoms with Gasteiger partial charge in [0.2, 0.25) is 0 Å². The van der Waals surface area contributed by atoms with Crippen LogP contribution in [0.4, 0.5) is 0 Å². The van der Waals surface area contributed by atoms with Gasteiger partial charge in [0, 0.05) is 34.5 Å². The molecular weight excluding hydrogens is 270 g/mol. The summed E-state index contributed by atoms with van der Waals surface area (Å²) in [6.07, 6.45) is 2.87. The SMILES string of the molecule is O=C(O)CCCn1ccc2c(Br)cccc21. The fourth-order valence-electron chi connectivity index (χ4n) is 1.78. The molecule has 4 heteroatoms. The molecule has 0 atom stereocenters. The van der Waals surface area contributed by atoms with Crippen LogP contribution in [0.25, 0.3) is 10.9 Å². The quantitative estimate of drug-likeness (QED) is 0.935. The highest BCUT2D eigenvalue weighted by atomic mass is 79.9. The highest BCUT2D eigenvalue weighted by Gasteiger charge is 2.04. The molecule has 0 saturated carbocycles. The van der Waals surface area contributed by atoms with Crippen LogP contribution in [0.5, 0.6) is 0 Å². The molecule has 84 valence electrons. The maximum Gasteiger partial charge on any atom is 0.303 e. The van der Waals surface area contributed by atoms with Crippen LogP contribution in [-0.2, 0) is 11.3 Å². The second kappa shape index (κ2) is 4.70. The Labute approximate surface area is 102 Å².